The molecule has 1 rings (SSSR count). The Kier molecular flexibility index (Phi) is 2.31. The molecule has 11 heavy (non-hydrogen) atoms. The van der Waals surface area contributed by atoms with Crippen LogP contribution in [-0.4, -0.2) is 26.1 Å². The molecule has 3 nitrogen and oxygen atoms in total. The van der Waals surface area contributed by atoms with Gasteiger partial charge in [-0.3, -0.25) is 0 Å². The standard InChI is InChI=1S/C8H13N3/c1-9-8-7(11(2)3)5-4-6-10-8/h4-6H,1-3H3,(H,9,10). The average molecular weight is 151 g/mol. The fraction of sp³-hybridized carbons (Fsp3) is 0.375. The van der Waals surface area contributed by atoms with Crippen molar-refractivity contribution < 1.29 is 0 Å². The van der Waals surface area contributed by atoms with Gasteiger partial charge in [-0.1, -0.05) is 0 Å². The van der Waals surface area contributed by atoms with Crippen molar-refractivity contribution in [3.05, 3.63) is 18.3 Å². The van der Waals surface area contributed by atoms with E-state index in [1.807, 2.05) is 38.2 Å². The van der Waals surface area contributed by atoms with Crippen molar-refractivity contribution >= 4 is 11.5 Å². The van der Waals surface area contributed by atoms with Crippen molar-refractivity contribution in [3.63, 3.8) is 0 Å². The predicted molar refractivity (Wildman–Crippen MR) is 48.1 cm³/mol. The van der Waals surface area contributed by atoms with Gasteiger partial charge in [-0.25, -0.2) is 4.98 Å². The van der Waals surface area contributed by atoms with E-state index in [0.29, 0.717) is 0 Å². The van der Waals surface area contributed by atoms with Gasteiger partial charge >= 0.3 is 0 Å². The van der Waals surface area contributed by atoms with Crippen LogP contribution in [0.2, 0.25) is 0 Å². The third-order valence-electron chi connectivity index (χ3n) is 1.51. The SMILES string of the molecule is CNc1ncccc1N(C)C. The molecule has 0 unspecified atom stereocenters. The molecule has 0 aliphatic carbocycles. The summed E-state index contributed by atoms with van der Waals surface area (Å²) in [4.78, 5) is 6.19. The molecule has 0 fully saturated rings. The fourth-order valence-electron chi connectivity index (χ4n) is 0.950. The lowest BCUT2D eigenvalue weighted by molar-refractivity contribution is 1.11. The Hall–Kier alpha value is -1.25. The molecule has 0 spiro atoms. The Balaban J connectivity index is 3.02. The molecule has 0 aliphatic rings. The van der Waals surface area contributed by atoms with Gasteiger partial charge in [-0.05, 0) is 12.1 Å². The third kappa shape index (κ3) is 1.61. The molecule has 1 heterocycles. The van der Waals surface area contributed by atoms with Crippen molar-refractivity contribution in [2.75, 3.05) is 31.4 Å². The molecule has 0 amide bonds. The molecule has 0 atom stereocenters. The Labute approximate surface area is 67.1 Å². The summed E-state index contributed by atoms with van der Waals surface area (Å²) in [5, 5.41) is 3.02. The minimum absolute atomic E-state index is 0.914. The summed E-state index contributed by atoms with van der Waals surface area (Å²) in [5.41, 5.74) is 1.11. The summed E-state index contributed by atoms with van der Waals surface area (Å²) in [6.07, 6.45) is 1.78. The van der Waals surface area contributed by atoms with E-state index in [2.05, 4.69) is 10.3 Å². The second-order valence-electron chi connectivity index (χ2n) is 2.52. The lowest BCUT2D eigenvalue weighted by Crippen LogP contribution is -2.11. The minimum Gasteiger partial charge on any atom is -0.375 e. The largest absolute Gasteiger partial charge is 0.375 e. The Morgan fingerprint density at radius 2 is 2.18 bits per heavy atom. The smallest absolute Gasteiger partial charge is 0.149 e. The molecule has 0 radical (unpaired) electrons. The van der Waals surface area contributed by atoms with E-state index in [-0.39, 0.29) is 0 Å². The highest BCUT2D eigenvalue weighted by Crippen LogP contribution is 2.19. The molecule has 1 aromatic heterocycles. The van der Waals surface area contributed by atoms with Crippen LogP contribution in [0.5, 0.6) is 0 Å². The zero-order chi connectivity index (χ0) is 8.27. The second kappa shape index (κ2) is 3.23. The monoisotopic (exact) mass is 151 g/mol. The zero-order valence-corrected chi connectivity index (χ0v) is 7.13. The summed E-state index contributed by atoms with van der Waals surface area (Å²) in [6, 6.07) is 3.95. The first-order valence-electron chi connectivity index (χ1n) is 3.56. The maximum atomic E-state index is 4.17. The number of nitrogens with zero attached hydrogens (tertiary/aromatic N) is 2. The first-order valence-corrected chi connectivity index (χ1v) is 3.56. The topological polar surface area (TPSA) is 28.2 Å². The number of aromatic nitrogens is 1. The number of rotatable bonds is 2. The van der Waals surface area contributed by atoms with Crippen LogP contribution in [0.1, 0.15) is 0 Å². The molecule has 0 saturated carbocycles. The molecule has 0 aromatic carbocycles. The van der Waals surface area contributed by atoms with E-state index in [1.54, 1.807) is 6.20 Å². The van der Waals surface area contributed by atoms with E-state index in [4.69, 9.17) is 0 Å². The predicted octanol–water partition coefficient (Wildman–Crippen LogP) is 1.19. The van der Waals surface area contributed by atoms with E-state index in [9.17, 15) is 0 Å². The Morgan fingerprint density at radius 1 is 1.45 bits per heavy atom. The number of anilines is 2. The third-order valence-corrected chi connectivity index (χ3v) is 1.51. The normalized spacial score (nSPS) is 9.36. The van der Waals surface area contributed by atoms with Gasteiger partial charge in [0.2, 0.25) is 0 Å². The molecule has 60 valence electrons. The Bertz CT molecular complexity index is 233. The van der Waals surface area contributed by atoms with Crippen LogP contribution in [0.15, 0.2) is 18.3 Å². The average Bonchev–Trinajstić information content (AvgIpc) is 2.04. The molecule has 1 N–H and O–H groups in total. The Morgan fingerprint density at radius 3 is 2.64 bits per heavy atom. The highest BCUT2D eigenvalue weighted by Gasteiger charge is 2.00. The zero-order valence-electron chi connectivity index (χ0n) is 7.13. The molecule has 3 heteroatoms. The van der Waals surface area contributed by atoms with Crippen LogP contribution < -0.4 is 10.2 Å². The van der Waals surface area contributed by atoms with Gasteiger partial charge in [0.25, 0.3) is 0 Å². The molecule has 0 bridgehead atoms. The van der Waals surface area contributed by atoms with Crippen LogP contribution in [0, 0.1) is 0 Å². The number of pyridine rings is 1. The van der Waals surface area contributed by atoms with E-state index in [0.717, 1.165) is 11.5 Å². The van der Waals surface area contributed by atoms with Crippen molar-refractivity contribution in [1.82, 2.24) is 4.98 Å². The minimum atomic E-state index is 0.914. The molecule has 1 aromatic rings. The van der Waals surface area contributed by atoms with Gasteiger partial charge in [0.05, 0.1) is 5.69 Å². The van der Waals surface area contributed by atoms with Crippen LogP contribution in [0.25, 0.3) is 0 Å². The lowest BCUT2D eigenvalue weighted by atomic mass is 10.3. The molecular formula is C8H13N3. The van der Waals surface area contributed by atoms with Gasteiger partial charge < -0.3 is 10.2 Å². The van der Waals surface area contributed by atoms with Gasteiger partial charge in [0.1, 0.15) is 5.82 Å². The highest BCUT2D eigenvalue weighted by atomic mass is 15.1. The lowest BCUT2D eigenvalue weighted by Gasteiger charge is -2.15. The number of hydrogen-bond acceptors (Lipinski definition) is 3. The maximum Gasteiger partial charge on any atom is 0.149 e. The van der Waals surface area contributed by atoms with E-state index >= 15 is 0 Å². The highest BCUT2D eigenvalue weighted by molar-refractivity contribution is 5.64. The maximum absolute atomic E-state index is 4.17. The van der Waals surface area contributed by atoms with Crippen molar-refractivity contribution in [2.45, 2.75) is 0 Å². The van der Waals surface area contributed by atoms with Crippen molar-refractivity contribution in [2.24, 2.45) is 0 Å². The van der Waals surface area contributed by atoms with Crippen LogP contribution in [-0.2, 0) is 0 Å². The first kappa shape index (κ1) is 7.85. The molecule has 0 aliphatic heterocycles. The number of nitrogens with one attached hydrogen (secondary N) is 1. The summed E-state index contributed by atoms with van der Waals surface area (Å²) in [7, 11) is 5.87. The van der Waals surface area contributed by atoms with Gasteiger partial charge in [0, 0.05) is 27.3 Å². The van der Waals surface area contributed by atoms with E-state index in [1.165, 1.54) is 0 Å². The first-order chi connectivity index (χ1) is 5.25. The summed E-state index contributed by atoms with van der Waals surface area (Å²) < 4.78 is 0. The van der Waals surface area contributed by atoms with Crippen LogP contribution in [0.4, 0.5) is 11.5 Å². The van der Waals surface area contributed by atoms with Crippen molar-refractivity contribution in [1.29, 1.82) is 0 Å². The van der Waals surface area contributed by atoms with Gasteiger partial charge in [-0.2, -0.15) is 0 Å². The second-order valence-corrected chi connectivity index (χ2v) is 2.52. The van der Waals surface area contributed by atoms with E-state index < -0.39 is 0 Å². The molecule has 0 saturated heterocycles. The van der Waals surface area contributed by atoms with Crippen LogP contribution >= 0.6 is 0 Å². The summed E-state index contributed by atoms with van der Waals surface area (Å²) in [5.74, 6) is 0.914. The summed E-state index contributed by atoms with van der Waals surface area (Å²) >= 11 is 0. The van der Waals surface area contributed by atoms with Crippen molar-refractivity contribution in [3.8, 4) is 0 Å². The van der Waals surface area contributed by atoms with Gasteiger partial charge in [0.15, 0.2) is 0 Å². The van der Waals surface area contributed by atoms with Crippen LogP contribution in [0.3, 0.4) is 0 Å². The van der Waals surface area contributed by atoms with Gasteiger partial charge in [-0.15, -0.1) is 0 Å². The quantitative estimate of drug-likeness (QED) is 0.688. The number of hydrogen-bond donors (Lipinski definition) is 1. The molecular weight excluding hydrogens is 138 g/mol. The fourth-order valence-corrected chi connectivity index (χ4v) is 0.950. The summed E-state index contributed by atoms with van der Waals surface area (Å²) in [6.45, 7) is 0.